The lowest BCUT2D eigenvalue weighted by molar-refractivity contribution is 0.245. The minimum absolute atomic E-state index is 0.0652. The van der Waals surface area contributed by atoms with Crippen molar-refractivity contribution in [2.24, 2.45) is 0 Å². The summed E-state index contributed by atoms with van der Waals surface area (Å²) in [4.78, 5) is 16.7. The molecule has 0 bridgehead atoms. The first-order valence-electron chi connectivity index (χ1n) is 7.17. The van der Waals surface area contributed by atoms with E-state index in [1.54, 1.807) is 16.7 Å². The third kappa shape index (κ3) is 2.63. The third-order valence-electron chi connectivity index (χ3n) is 3.62. The molecule has 1 N–H and O–H groups in total. The average molecular weight is 298 g/mol. The van der Waals surface area contributed by atoms with Crippen LogP contribution in [0.5, 0.6) is 0 Å². The SMILES string of the molecule is CC[C@H](C)NC(=O)N1c2ccccc2Sc2ccccc21. The number of anilines is 2. The number of hydrogen-bond acceptors (Lipinski definition) is 2. The molecule has 1 aliphatic heterocycles. The lowest BCUT2D eigenvalue weighted by atomic mass is 10.2. The monoisotopic (exact) mass is 298 g/mol. The third-order valence-corrected chi connectivity index (χ3v) is 4.75. The lowest BCUT2D eigenvalue weighted by Gasteiger charge is -2.31. The van der Waals surface area contributed by atoms with E-state index in [2.05, 4.69) is 24.4 Å². The summed E-state index contributed by atoms with van der Waals surface area (Å²) in [5.74, 6) is 0. The molecule has 0 saturated heterocycles. The Hall–Kier alpha value is -1.94. The first kappa shape index (κ1) is 14.0. The highest BCUT2D eigenvalue weighted by atomic mass is 32.2. The van der Waals surface area contributed by atoms with Gasteiger partial charge in [-0.15, -0.1) is 0 Å². The number of para-hydroxylation sites is 2. The maximum atomic E-state index is 12.7. The average Bonchev–Trinajstić information content (AvgIpc) is 2.52. The highest BCUT2D eigenvalue weighted by Gasteiger charge is 2.28. The number of carbonyl (C=O) groups excluding carboxylic acids is 1. The van der Waals surface area contributed by atoms with Gasteiger partial charge in [-0.3, -0.25) is 4.90 Å². The predicted octanol–water partition coefficient (Wildman–Crippen LogP) is 4.80. The number of rotatable bonds is 2. The van der Waals surface area contributed by atoms with E-state index in [9.17, 15) is 4.79 Å². The number of benzene rings is 2. The molecule has 0 radical (unpaired) electrons. The first-order valence-corrected chi connectivity index (χ1v) is 7.99. The van der Waals surface area contributed by atoms with Crippen molar-refractivity contribution in [3.63, 3.8) is 0 Å². The van der Waals surface area contributed by atoms with E-state index in [-0.39, 0.29) is 12.1 Å². The maximum absolute atomic E-state index is 12.7. The van der Waals surface area contributed by atoms with Crippen molar-refractivity contribution in [3.8, 4) is 0 Å². The molecule has 2 amide bonds. The van der Waals surface area contributed by atoms with Gasteiger partial charge in [-0.25, -0.2) is 4.79 Å². The summed E-state index contributed by atoms with van der Waals surface area (Å²) in [6, 6.07) is 16.1. The van der Waals surface area contributed by atoms with E-state index in [1.165, 1.54) is 0 Å². The topological polar surface area (TPSA) is 32.3 Å². The summed E-state index contributed by atoms with van der Waals surface area (Å²) in [6.07, 6.45) is 0.914. The second kappa shape index (κ2) is 5.82. The van der Waals surface area contributed by atoms with E-state index >= 15 is 0 Å². The van der Waals surface area contributed by atoms with E-state index in [4.69, 9.17) is 0 Å². The van der Waals surface area contributed by atoms with Crippen molar-refractivity contribution in [3.05, 3.63) is 48.5 Å². The minimum Gasteiger partial charge on any atom is -0.335 e. The standard InChI is InChI=1S/C17H18N2OS/c1-3-12(2)18-17(20)19-13-8-4-6-10-15(13)21-16-11-7-5-9-14(16)19/h4-12H,3H2,1-2H3,(H,18,20)/t12-/m0/s1. The molecule has 1 heterocycles. The van der Waals surface area contributed by atoms with Crippen molar-refractivity contribution in [1.82, 2.24) is 5.32 Å². The van der Waals surface area contributed by atoms with Crippen molar-refractivity contribution in [2.75, 3.05) is 4.90 Å². The van der Waals surface area contributed by atoms with E-state index < -0.39 is 0 Å². The highest BCUT2D eigenvalue weighted by Crippen LogP contribution is 2.47. The molecule has 0 fully saturated rings. The maximum Gasteiger partial charge on any atom is 0.326 e. The van der Waals surface area contributed by atoms with E-state index in [0.29, 0.717) is 0 Å². The Kier molecular flexibility index (Phi) is 3.88. The molecule has 0 spiro atoms. The number of urea groups is 1. The van der Waals surface area contributed by atoms with Crippen LogP contribution in [0.2, 0.25) is 0 Å². The number of nitrogens with one attached hydrogen (secondary N) is 1. The summed E-state index contributed by atoms with van der Waals surface area (Å²) in [7, 11) is 0. The van der Waals surface area contributed by atoms with E-state index in [1.807, 2.05) is 43.3 Å². The first-order chi connectivity index (χ1) is 10.2. The van der Waals surface area contributed by atoms with Crippen molar-refractivity contribution < 1.29 is 4.79 Å². The fourth-order valence-corrected chi connectivity index (χ4v) is 3.36. The van der Waals surface area contributed by atoms with Crippen LogP contribution < -0.4 is 10.2 Å². The Labute approximate surface area is 129 Å². The van der Waals surface area contributed by atoms with Crippen molar-refractivity contribution >= 4 is 29.2 Å². The van der Waals surface area contributed by atoms with Crippen LogP contribution in [0.3, 0.4) is 0 Å². The number of nitrogens with zero attached hydrogens (tertiary/aromatic N) is 1. The fraction of sp³-hybridized carbons (Fsp3) is 0.235. The van der Waals surface area contributed by atoms with Gasteiger partial charge >= 0.3 is 6.03 Å². The molecule has 2 aromatic rings. The molecule has 3 rings (SSSR count). The zero-order valence-corrected chi connectivity index (χ0v) is 13.0. The van der Waals surface area contributed by atoms with Gasteiger partial charge in [0.15, 0.2) is 0 Å². The molecule has 0 unspecified atom stereocenters. The molecule has 3 nitrogen and oxygen atoms in total. The van der Waals surface area contributed by atoms with Gasteiger partial charge in [0, 0.05) is 15.8 Å². The normalized spacial score (nSPS) is 14.1. The second-order valence-corrected chi connectivity index (χ2v) is 6.22. The molecular formula is C17H18N2OS. The number of amides is 2. The molecular weight excluding hydrogens is 280 g/mol. The zero-order valence-electron chi connectivity index (χ0n) is 12.2. The summed E-state index contributed by atoms with van der Waals surface area (Å²) >= 11 is 1.71. The van der Waals surface area contributed by atoms with Gasteiger partial charge < -0.3 is 5.32 Å². The molecule has 108 valence electrons. The van der Waals surface area contributed by atoms with Gasteiger partial charge in [0.25, 0.3) is 0 Å². The van der Waals surface area contributed by atoms with Gasteiger partial charge in [-0.2, -0.15) is 0 Å². The van der Waals surface area contributed by atoms with Gasteiger partial charge in [0.05, 0.1) is 11.4 Å². The Morgan fingerprint density at radius 1 is 1.10 bits per heavy atom. The largest absolute Gasteiger partial charge is 0.335 e. The van der Waals surface area contributed by atoms with Crippen LogP contribution in [0.1, 0.15) is 20.3 Å². The van der Waals surface area contributed by atoms with Crippen molar-refractivity contribution in [2.45, 2.75) is 36.1 Å². The molecule has 0 saturated carbocycles. The Balaban J connectivity index is 2.04. The molecule has 1 atom stereocenters. The van der Waals surface area contributed by atoms with Gasteiger partial charge in [-0.05, 0) is 37.6 Å². The molecule has 1 aliphatic rings. The van der Waals surface area contributed by atoms with E-state index in [0.717, 1.165) is 27.6 Å². The fourth-order valence-electron chi connectivity index (χ4n) is 2.30. The van der Waals surface area contributed by atoms with Crippen LogP contribution in [-0.2, 0) is 0 Å². The van der Waals surface area contributed by atoms with Crippen LogP contribution in [-0.4, -0.2) is 12.1 Å². The Bertz CT molecular complexity index is 626. The number of hydrogen-bond donors (Lipinski definition) is 1. The Morgan fingerprint density at radius 3 is 2.14 bits per heavy atom. The Morgan fingerprint density at radius 2 is 1.62 bits per heavy atom. The summed E-state index contributed by atoms with van der Waals surface area (Å²) in [5.41, 5.74) is 1.89. The molecule has 0 aliphatic carbocycles. The molecule has 2 aromatic carbocycles. The molecule has 21 heavy (non-hydrogen) atoms. The lowest BCUT2D eigenvalue weighted by Crippen LogP contribution is -2.42. The van der Waals surface area contributed by atoms with Crippen LogP contribution in [0, 0.1) is 0 Å². The van der Waals surface area contributed by atoms with Crippen LogP contribution >= 0.6 is 11.8 Å². The van der Waals surface area contributed by atoms with Crippen LogP contribution in [0.4, 0.5) is 16.2 Å². The molecule has 4 heteroatoms. The van der Waals surface area contributed by atoms with Crippen LogP contribution in [0.25, 0.3) is 0 Å². The second-order valence-electron chi connectivity index (χ2n) is 5.13. The molecule has 0 aromatic heterocycles. The van der Waals surface area contributed by atoms with Crippen LogP contribution in [0.15, 0.2) is 58.3 Å². The number of carbonyl (C=O) groups is 1. The summed E-state index contributed by atoms with van der Waals surface area (Å²) in [6.45, 7) is 4.09. The summed E-state index contributed by atoms with van der Waals surface area (Å²) < 4.78 is 0. The summed E-state index contributed by atoms with van der Waals surface area (Å²) in [5, 5.41) is 3.06. The highest BCUT2D eigenvalue weighted by molar-refractivity contribution is 7.99. The quantitative estimate of drug-likeness (QED) is 0.864. The smallest absolute Gasteiger partial charge is 0.326 e. The van der Waals surface area contributed by atoms with Gasteiger partial charge in [0.2, 0.25) is 0 Å². The van der Waals surface area contributed by atoms with Crippen molar-refractivity contribution in [1.29, 1.82) is 0 Å². The van der Waals surface area contributed by atoms with Gasteiger partial charge in [-0.1, -0.05) is 43.0 Å². The predicted molar refractivity (Wildman–Crippen MR) is 87.4 cm³/mol. The minimum atomic E-state index is -0.0652. The van der Waals surface area contributed by atoms with Gasteiger partial charge in [0.1, 0.15) is 0 Å². The zero-order chi connectivity index (χ0) is 14.8. The number of fused-ring (bicyclic) bond motifs is 2.